The molecule has 0 radical (unpaired) electrons. The van der Waals surface area contributed by atoms with Crippen LogP contribution in [0.1, 0.15) is 16.9 Å². The molecule has 1 saturated heterocycles. The maximum Gasteiger partial charge on any atom is 0.0931 e. The molecule has 1 fully saturated rings. The van der Waals surface area contributed by atoms with Gasteiger partial charge in [-0.2, -0.15) is 0 Å². The fourth-order valence-electron chi connectivity index (χ4n) is 2.68. The van der Waals surface area contributed by atoms with Crippen LogP contribution in [0.5, 0.6) is 0 Å². The van der Waals surface area contributed by atoms with Crippen LogP contribution < -0.4 is 5.32 Å². The Bertz CT molecular complexity index is 540. The van der Waals surface area contributed by atoms with Crippen molar-refractivity contribution in [1.29, 1.82) is 0 Å². The summed E-state index contributed by atoms with van der Waals surface area (Å²) in [5, 5.41) is 3.64. The second-order valence-corrected chi connectivity index (χ2v) is 7.09. The number of halogens is 1. The molecule has 1 atom stereocenters. The number of nitrogens with one attached hydrogen (secondary N) is 1. The first-order chi connectivity index (χ1) is 9.79. The quantitative estimate of drug-likeness (QED) is 0.904. The lowest BCUT2D eigenvalue weighted by Gasteiger charge is -2.16. The van der Waals surface area contributed by atoms with E-state index in [-0.39, 0.29) is 0 Å². The zero-order chi connectivity index (χ0) is 13.8. The van der Waals surface area contributed by atoms with E-state index in [1.165, 1.54) is 23.4 Å². The monoisotopic (exact) mass is 306 g/mol. The number of likely N-dealkylation sites (tertiary alicyclic amines) is 1. The van der Waals surface area contributed by atoms with Crippen LogP contribution in [0, 0.1) is 0 Å². The predicted molar refractivity (Wildman–Crippen MR) is 86.3 cm³/mol. The van der Waals surface area contributed by atoms with E-state index in [9.17, 15) is 0 Å². The molecule has 3 rings (SSSR count). The third kappa shape index (κ3) is 3.83. The molecule has 1 aromatic heterocycles. The van der Waals surface area contributed by atoms with E-state index in [2.05, 4.69) is 46.6 Å². The maximum atomic E-state index is 5.95. The van der Waals surface area contributed by atoms with Gasteiger partial charge in [-0.3, -0.25) is 4.90 Å². The first-order valence-corrected chi connectivity index (χ1v) is 8.23. The zero-order valence-corrected chi connectivity index (χ0v) is 13.0. The summed E-state index contributed by atoms with van der Waals surface area (Å²) in [5.41, 5.74) is 1.40. The standard InChI is InChI=1S/C16H19ClN2S/c17-16-7-6-15(20-16)10-18-14-8-9-19(12-14)11-13-4-2-1-3-5-13/h1-7,14,18H,8-12H2. The molecule has 0 spiro atoms. The van der Waals surface area contributed by atoms with E-state index >= 15 is 0 Å². The molecule has 1 N–H and O–H groups in total. The Morgan fingerprint density at radius 3 is 2.80 bits per heavy atom. The Hall–Kier alpha value is -0.870. The summed E-state index contributed by atoms with van der Waals surface area (Å²) in [7, 11) is 0. The molecule has 0 aliphatic carbocycles. The van der Waals surface area contributed by atoms with Crippen molar-refractivity contribution in [3.8, 4) is 0 Å². The first kappa shape index (κ1) is 14.1. The van der Waals surface area contributed by atoms with Crippen LogP contribution in [0.4, 0.5) is 0 Å². The number of thiophene rings is 1. The van der Waals surface area contributed by atoms with Crippen LogP contribution in [-0.2, 0) is 13.1 Å². The highest BCUT2D eigenvalue weighted by atomic mass is 35.5. The van der Waals surface area contributed by atoms with Gasteiger partial charge in [-0.15, -0.1) is 11.3 Å². The van der Waals surface area contributed by atoms with Crippen LogP contribution in [-0.4, -0.2) is 24.0 Å². The number of hydrogen-bond donors (Lipinski definition) is 1. The van der Waals surface area contributed by atoms with Gasteiger partial charge < -0.3 is 5.32 Å². The largest absolute Gasteiger partial charge is 0.308 e. The molecule has 1 aliphatic heterocycles. The molecule has 4 heteroatoms. The number of nitrogens with zero attached hydrogens (tertiary/aromatic N) is 1. The summed E-state index contributed by atoms with van der Waals surface area (Å²) >= 11 is 7.62. The van der Waals surface area contributed by atoms with Crippen molar-refractivity contribution >= 4 is 22.9 Å². The Morgan fingerprint density at radius 2 is 2.05 bits per heavy atom. The lowest BCUT2D eigenvalue weighted by Crippen LogP contribution is -2.31. The molecule has 0 bridgehead atoms. The minimum absolute atomic E-state index is 0.597. The molecule has 1 aromatic carbocycles. The summed E-state index contributed by atoms with van der Waals surface area (Å²) in [6, 6.07) is 15.4. The molecular weight excluding hydrogens is 288 g/mol. The Balaban J connectivity index is 1.45. The van der Waals surface area contributed by atoms with Crippen molar-refractivity contribution in [3.05, 3.63) is 57.2 Å². The van der Waals surface area contributed by atoms with Gasteiger partial charge in [0.05, 0.1) is 4.34 Å². The minimum Gasteiger partial charge on any atom is -0.308 e. The Kier molecular flexibility index (Phi) is 4.73. The van der Waals surface area contributed by atoms with Crippen molar-refractivity contribution in [1.82, 2.24) is 10.2 Å². The molecule has 1 aliphatic rings. The van der Waals surface area contributed by atoms with Crippen LogP contribution >= 0.6 is 22.9 Å². The lowest BCUT2D eigenvalue weighted by atomic mass is 10.2. The highest BCUT2D eigenvalue weighted by Gasteiger charge is 2.21. The third-order valence-corrected chi connectivity index (χ3v) is 4.95. The van der Waals surface area contributed by atoms with Crippen molar-refractivity contribution in [2.45, 2.75) is 25.6 Å². The van der Waals surface area contributed by atoms with Crippen molar-refractivity contribution in [2.24, 2.45) is 0 Å². The molecule has 20 heavy (non-hydrogen) atoms. The molecule has 0 amide bonds. The second-order valence-electron chi connectivity index (χ2n) is 5.29. The summed E-state index contributed by atoms with van der Waals surface area (Å²) in [6.07, 6.45) is 1.23. The van der Waals surface area contributed by atoms with Gasteiger partial charge in [0.1, 0.15) is 0 Å². The summed E-state index contributed by atoms with van der Waals surface area (Å²) in [4.78, 5) is 3.84. The summed E-state index contributed by atoms with van der Waals surface area (Å²) < 4.78 is 0.874. The zero-order valence-electron chi connectivity index (χ0n) is 11.4. The number of benzene rings is 1. The third-order valence-electron chi connectivity index (χ3n) is 3.72. The molecule has 2 aromatic rings. The van der Waals surface area contributed by atoms with Crippen LogP contribution in [0.2, 0.25) is 4.34 Å². The summed E-state index contributed by atoms with van der Waals surface area (Å²) in [6.45, 7) is 4.30. The van der Waals surface area contributed by atoms with E-state index in [4.69, 9.17) is 11.6 Å². The van der Waals surface area contributed by atoms with Crippen LogP contribution in [0.3, 0.4) is 0 Å². The maximum absolute atomic E-state index is 5.95. The van der Waals surface area contributed by atoms with E-state index in [1.54, 1.807) is 11.3 Å². The van der Waals surface area contributed by atoms with Gasteiger partial charge in [0, 0.05) is 37.1 Å². The lowest BCUT2D eigenvalue weighted by molar-refractivity contribution is 0.320. The van der Waals surface area contributed by atoms with Crippen LogP contribution in [0.15, 0.2) is 42.5 Å². The van der Waals surface area contributed by atoms with Gasteiger partial charge >= 0.3 is 0 Å². The van der Waals surface area contributed by atoms with Crippen molar-refractivity contribution in [2.75, 3.05) is 13.1 Å². The molecule has 1 unspecified atom stereocenters. The number of rotatable bonds is 5. The second kappa shape index (κ2) is 6.72. The average molecular weight is 307 g/mol. The highest BCUT2D eigenvalue weighted by Crippen LogP contribution is 2.21. The van der Waals surface area contributed by atoms with Gasteiger partial charge in [-0.05, 0) is 24.1 Å². The minimum atomic E-state index is 0.597. The topological polar surface area (TPSA) is 15.3 Å². The Labute approximate surface area is 129 Å². The van der Waals surface area contributed by atoms with Gasteiger partial charge in [-0.25, -0.2) is 0 Å². The molecule has 106 valence electrons. The van der Waals surface area contributed by atoms with Gasteiger partial charge in [0.2, 0.25) is 0 Å². The number of hydrogen-bond acceptors (Lipinski definition) is 3. The fourth-order valence-corrected chi connectivity index (χ4v) is 3.71. The van der Waals surface area contributed by atoms with Gasteiger partial charge in [0.15, 0.2) is 0 Å². The van der Waals surface area contributed by atoms with Crippen molar-refractivity contribution < 1.29 is 0 Å². The molecular formula is C16H19ClN2S. The van der Waals surface area contributed by atoms with E-state index < -0.39 is 0 Å². The first-order valence-electron chi connectivity index (χ1n) is 7.03. The average Bonchev–Trinajstić information content (AvgIpc) is 3.07. The Morgan fingerprint density at radius 1 is 1.20 bits per heavy atom. The van der Waals surface area contributed by atoms with Crippen molar-refractivity contribution in [3.63, 3.8) is 0 Å². The van der Waals surface area contributed by atoms with E-state index in [1.807, 2.05) is 6.07 Å². The fraction of sp³-hybridized carbons (Fsp3) is 0.375. The molecule has 2 nitrogen and oxygen atoms in total. The summed E-state index contributed by atoms with van der Waals surface area (Å²) in [5.74, 6) is 0. The normalized spacial score (nSPS) is 19.6. The van der Waals surface area contributed by atoms with Crippen LogP contribution in [0.25, 0.3) is 0 Å². The van der Waals surface area contributed by atoms with E-state index in [0.29, 0.717) is 6.04 Å². The van der Waals surface area contributed by atoms with Gasteiger partial charge in [-0.1, -0.05) is 41.9 Å². The SMILES string of the molecule is Clc1ccc(CNC2CCN(Cc3ccccc3)C2)s1. The molecule has 0 saturated carbocycles. The van der Waals surface area contributed by atoms with E-state index in [0.717, 1.165) is 24.0 Å². The smallest absolute Gasteiger partial charge is 0.0931 e. The highest BCUT2D eigenvalue weighted by molar-refractivity contribution is 7.16. The van der Waals surface area contributed by atoms with Gasteiger partial charge in [0.25, 0.3) is 0 Å². The molecule has 2 heterocycles. The predicted octanol–water partition coefficient (Wildman–Crippen LogP) is 3.77.